The molecule has 0 aliphatic carbocycles. The first kappa shape index (κ1) is 18.9. The third-order valence-electron chi connectivity index (χ3n) is 3.99. The van der Waals surface area contributed by atoms with Gasteiger partial charge in [-0.05, 0) is 42.5 Å². The Balaban J connectivity index is 1.66. The van der Waals surface area contributed by atoms with Crippen molar-refractivity contribution in [1.29, 1.82) is 0 Å². The lowest BCUT2D eigenvalue weighted by atomic mass is 10.2. The molecule has 0 unspecified atom stereocenters. The summed E-state index contributed by atoms with van der Waals surface area (Å²) in [4.78, 5) is 35.8. The average molecular weight is 377 g/mol. The van der Waals surface area contributed by atoms with Crippen LogP contribution in [0.15, 0.2) is 76.5 Å². The van der Waals surface area contributed by atoms with E-state index in [-0.39, 0.29) is 5.56 Å². The van der Waals surface area contributed by atoms with Crippen LogP contribution in [0.1, 0.15) is 5.56 Å². The van der Waals surface area contributed by atoms with E-state index in [0.29, 0.717) is 11.4 Å². The highest BCUT2D eigenvalue weighted by Crippen LogP contribution is 2.22. The molecular weight excluding hydrogens is 358 g/mol. The number of amides is 1. The number of nitrogens with one attached hydrogen (secondary N) is 1. The third kappa shape index (κ3) is 4.45. The SMILES string of the molecule is Cn1cc(/C=C/C(=O)Nc2ccc(Oc3ccccc3)cc2)c(=O)n(C)c1=O. The number of ether oxygens (including phenoxy) is 1. The highest BCUT2D eigenvalue weighted by molar-refractivity contribution is 6.01. The van der Waals surface area contributed by atoms with Crippen LogP contribution in [-0.4, -0.2) is 15.0 Å². The van der Waals surface area contributed by atoms with Crippen molar-refractivity contribution in [2.24, 2.45) is 14.1 Å². The van der Waals surface area contributed by atoms with Gasteiger partial charge in [-0.25, -0.2) is 4.79 Å². The molecule has 0 bridgehead atoms. The van der Waals surface area contributed by atoms with Crippen LogP contribution in [0, 0.1) is 0 Å². The summed E-state index contributed by atoms with van der Waals surface area (Å²) in [5.41, 5.74) is -0.0613. The molecular formula is C21H19N3O4. The van der Waals surface area contributed by atoms with E-state index >= 15 is 0 Å². The standard InChI is InChI=1S/C21H19N3O4/c1-23-14-15(20(26)24(2)21(23)27)8-13-19(25)22-16-9-11-18(12-10-16)28-17-6-4-3-5-7-17/h3-14H,1-2H3,(H,22,25)/b13-8+. The first-order valence-electron chi connectivity index (χ1n) is 8.53. The number of aryl methyl sites for hydroxylation is 1. The molecule has 0 aliphatic heterocycles. The minimum Gasteiger partial charge on any atom is -0.457 e. The number of rotatable bonds is 5. The van der Waals surface area contributed by atoms with Crippen molar-refractivity contribution >= 4 is 17.7 Å². The molecule has 1 heterocycles. The Morgan fingerprint density at radius 2 is 1.61 bits per heavy atom. The van der Waals surface area contributed by atoms with Crippen LogP contribution in [0.2, 0.25) is 0 Å². The van der Waals surface area contributed by atoms with Gasteiger partial charge in [-0.3, -0.25) is 14.2 Å². The van der Waals surface area contributed by atoms with Gasteiger partial charge >= 0.3 is 5.69 Å². The smallest absolute Gasteiger partial charge is 0.330 e. The van der Waals surface area contributed by atoms with Gasteiger partial charge in [0.15, 0.2) is 0 Å². The molecule has 1 amide bonds. The molecule has 0 spiro atoms. The van der Waals surface area contributed by atoms with E-state index in [1.54, 1.807) is 24.3 Å². The molecule has 0 radical (unpaired) electrons. The fourth-order valence-electron chi connectivity index (χ4n) is 2.53. The zero-order valence-electron chi connectivity index (χ0n) is 15.5. The van der Waals surface area contributed by atoms with Crippen molar-refractivity contribution < 1.29 is 9.53 Å². The molecule has 142 valence electrons. The summed E-state index contributed by atoms with van der Waals surface area (Å²) in [7, 11) is 2.93. The van der Waals surface area contributed by atoms with Crippen LogP contribution >= 0.6 is 0 Å². The average Bonchev–Trinajstić information content (AvgIpc) is 2.70. The topological polar surface area (TPSA) is 82.3 Å². The quantitative estimate of drug-likeness (QED) is 0.693. The van der Waals surface area contributed by atoms with Crippen molar-refractivity contribution in [3.05, 3.63) is 93.3 Å². The fraction of sp³-hybridized carbons (Fsp3) is 0.0952. The molecule has 0 fully saturated rings. The highest BCUT2D eigenvalue weighted by Gasteiger charge is 2.05. The largest absolute Gasteiger partial charge is 0.457 e. The molecule has 0 atom stereocenters. The van der Waals surface area contributed by atoms with Gasteiger partial charge in [-0.1, -0.05) is 18.2 Å². The minimum absolute atomic E-state index is 0.242. The van der Waals surface area contributed by atoms with Crippen LogP contribution in [0.5, 0.6) is 11.5 Å². The van der Waals surface area contributed by atoms with E-state index in [0.717, 1.165) is 10.3 Å². The number of benzene rings is 2. The molecule has 28 heavy (non-hydrogen) atoms. The predicted octanol–water partition coefficient (Wildman–Crippen LogP) is 2.53. The molecule has 0 aliphatic rings. The predicted molar refractivity (Wildman–Crippen MR) is 108 cm³/mol. The molecule has 7 nitrogen and oxygen atoms in total. The Labute approximate surface area is 161 Å². The van der Waals surface area contributed by atoms with E-state index < -0.39 is 17.2 Å². The van der Waals surface area contributed by atoms with Crippen LogP contribution < -0.4 is 21.3 Å². The Bertz CT molecular complexity index is 1130. The Hall–Kier alpha value is -3.87. The maximum atomic E-state index is 12.1. The number of hydrogen-bond acceptors (Lipinski definition) is 4. The second-order valence-electron chi connectivity index (χ2n) is 6.10. The summed E-state index contributed by atoms with van der Waals surface area (Å²) < 4.78 is 7.97. The number of hydrogen-bond donors (Lipinski definition) is 1. The lowest BCUT2D eigenvalue weighted by Gasteiger charge is -2.07. The lowest BCUT2D eigenvalue weighted by molar-refractivity contribution is -0.111. The van der Waals surface area contributed by atoms with Gasteiger partial charge in [0.1, 0.15) is 11.5 Å². The first-order chi connectivity index (χ1) is 13.4. The summed E-state index contributed by atoms with van der Waals surface area (Å²) in [5, 5.41) is 2.70. The summed E-state index contributed by atoms with van der Waals surface area (Å²) in [6.07, 6.45) is 4.02. The second-order valence-corrected chi connectivity index (χ2v) is 6.10. The van der Waals surface area contributed by atoms with Gasteiger partial charge in [0.05, 0.1) is 5.56 Å². The summed E-state index contributed by atoms with van der Waals surface area (Å²) in [6, 6.07) is 16.3. The van der Waals surface area contributed by atoms with Crippen LogP contribution in [0.3, 0.4) is 0 Å². The molecule has 0 saturated heterocycles. The number of carbonyl (C=O) groups is 1. The second kappa shape index (κ2) is 8.22. The summed E-state index contributed by atoms with van der Waals surface area (Å²) >= 11 is 0. The van der Waals surface area contributed by atoms with Crippen LogP contribution in [0.4, 0.5) is 5.69 Å². The van der Waals surface area contributed by atoms with E-state index in [2.05, 4.69) is 5.32 Å². The highest BCUT2D eigenvalue weighted by atomic mass is 16.5. The Morgan fingerprint density at radius 1 is 0.964 bits per heavy atom. The number of para-hydroxylation sites is 1. The van der Waals surface area contributed by atoms with Gasteiger partial charge < -0.3 is 14.6 Å². The van der Waals surface area contributed by atoms with E-state index in [1.807, 2.05) is 30.3 Å². The molecule has 3 rings (SSSR count). The van der Waals surface area contributed by atoms with Crippen molar-refractivity contribution in [1.82, 2.24) is 9.13 Å². The molecule has 0 saturated carbocycles. The molecule has 2 aromatic carbocycles. The number of carbonyl (C=O) groups excluding carboxylic acids is 1. The fourth-order valence-corrected chi connectivity index (χ4v) is 2.53. The van der Waals surface area contributed by atoms with Gasteiger partial charge in [-0.15, -0.1) is 0 Å². The molecule has 1 aromatic heterocycles. The first-order valence-corrected chi connectivity index (χ1v) is 8.53. The van der Waals surface area contributed by atoms with E-state index in [4.69, 9.17) is 4.74 Å². The van der Waals surface area contributed by atoms with E-state index in [1.165, 1.54) is 37.0 Å². The van der Waals surface area contributed by atoms with Gasteiger partial charge in [0, 0.05) is 32.1 Å². The van der Waals surface area contributed by atoms with Crippen molar-refractivity contribution in [2.75, 3.05) is 5.32 Å². The van der Waals surface area contributed by atoms with Crippen molar-refractivity contribution in [2.45, 2.75) is 0 Å². The Morgan fingerprint density at radius 3 is 2.29 bits per heavy atom. The number of nitrogens with zero attached hydrogens (tertiary/aromatic N) is 2. The third-order valence-corrected chi connectivity index (χ3v) is 3.99. The van der Waals surface area contributed by atoms with E-state index in [9.17, 15) is 14.4 Å². The molecule has 3 aromatic rings. The minimum atomic E-state index is -0.463. The zero-order valence-corrected chi connectivity index (χ0v) is 15.5. The Kier molecular flexibility index (Phi) is 5.55. The molecule has 7 heteroatoms. The number of anilines is 1. The summed E-state index contributed by atoms with van der Waals surface area (Å²) in [6.45, 7) is 0. The van der Waals surface area contributed by atoms with Gasteiger partial charge in [0.2, 0.25) is 5.91 Å². The van der Waals surface area contributed by atoms with Gasteiger partial charge in [0.25, 0.3) is 5.56 Å². The zero-order chi connectivity index (χ0) is 20.1. The number of aromatic nitrogens is 2. The van der Waals surface area contributed by atoms with Crippen molar-refractivity contribution in [3.63, 3.8) is 0 Å². The van der Waals surface area contributed by atoms with Crippen LogP contribution in [0.25, 0.3) is 6.08 Å². The van der Waals surface area contributed by atoms with Crippen molar-refractivity contribution in [3.8, 4) is 11.5 Å². The normalized spacial score (nSPS) is 10.8. The summed E-state index contributed by atoms with van der Waals surface area (Å²) in [5.74, 6) is 0.974. The lowest BCUT2D eigenvalue weighted by Crippen LogP contribution is -2.37. The monoisotopic (exact) mass is 377 g/mol. The van der Waals surface area contributed by atoms with Crippen LogP contribution in [-0.2, 0) is 18.9 Å². The maximum Gasteiger partial charge on any atom is 0.330 e. The van der Waals surface area contributed by atoms with Gasteiger partial charge in [-0.2, -0.15) is 0 Å². The molecule has 1 N–H and O–H groups in total. The maximum absolute atomic E-state index is 12.1.